The lowest BCUT2D eigenvalue weighted by Gasteiger charge is -2.14. The SMILES string of the molecule is O=C(O)CC(Cc1cn(CC(=O)O)nn1)NC(=O)c1cnc(-c2ccccc2)o1. The van der Waals surface area contributed by atoms with Crippen molar-refractivity contribution < 1.29 is 29.0 Å². The van der Waals surface area contributed by atoms with Crippen molar-refractivity contribution in [2.24, 2.45) is 0 Å². The predicted octanol–water partition coefficient (Wildman–Crippen LogP) is 0.834. The van der Waals surface area contributed by atoms with Crippen molar-refractivity contribution in [3.63, 3.8) is 0 Å². The Hall–Kier alpha value is -4.02. The van der Waals surface area contributed by atoms with Gasteiger partial charge in [0.15, 0.2) is 0 Å². The topological polar surface area (TPSA) is 160 Å². The minimum absolute atomic E-state index is 0.0529. The fraction of sp³-hybridized carbons (Fsp3) is 0.222. The van der Waals surface area contributed by atoms with E-state index in [1.54, 1.807) is 24.3 Å². The molecule has 1 aromatic carbocycles. The van der Waals surface area contributed by atoms with Crippen LogP contribution in [0.5, 0.6) is 0 Å². The van der Waals surface area contributed by atoms with Gasteiger partial charge in [-0.3, -0.25) is 14.4 Å². The van der Waals surface area contributed by atoms with Gasteiger partial charge in [-0.1, -0.05) is 23.4 Å². The summed E-state index contributed by atoms with van der Waals surface area (Å²) in [5, 5.41) is 27.9. The Morgan fingerprint density at radius 3 is 2.59 bits per heavy atom. The molecule has 0 saturated heterocycles. The molecule has 1 unspecified atom stereocenters. The van der Waals surface area contributed by atoms with Crippen LogP contribution in [0, 0.1) is 0 Å². The summed E-state index contributed by atoms with van der Waals surface area (Å²) < 4.78 is 6.58. The summed E-state index contributed by atoms with van der Waals surface area (Å²) in [7, 11) is 0. The molecule has 0 aliphatic rings. The van der Waals surface area contributed by atoms with E-state index in [9.17, 15) is 14.4 Å². The van der Waals surface area contributed by atoms with Crippen molar-refractivity contribution in [2.75, 3.05) is 0 Å². The number of nitrogens with zero attached hydrogens (tertiary/aromatic N) is 4. The van der Waals surface area contributed by atoms with Gasteiger partial charge in [0.05, 0.1) is 18.3 Å². The van der Waals surface area contributed by atoms with Crippen molar-refractivity contribution in [1.29, 1.82) is 0 Å². The molecular formula is C18H17N5O6. The van der Waals surface area contributed by atoms with E-state index in [4.69, 9.17) is 14.6 Å². The average molecular weight is 399 g/mol. The van der Waals surface area contributed by atoms with E-state index in [0.29, 0.717) is 11.3 Å². The molecule has 29 heavy (non-hydrogen) atoms. The highest BCUT2D eigenvalue weighted by atomic mass is 16.4. The summed E-state index contributed by atoms with van der Waals surface area (Å²) in [6.45, 7) is -0.372. The van der Waals surface area contributed by atoms with Crippen LogP contribution in [0.2, 0.25) is 0 Å². The van der Waals surface area contributed by atoms with Crippen molar-refractivity contribution in [1.82, 2.24) is 25.3 Å². The molecule has 1 amide bonds. The Morgan fingerprint density at radius 2 is 1.90 bits per heavy atom. The number of aliphatic carboxylic acids is 2. The number of carbonyl (C=O) groups excluding carboxylic acids is 1. The standard InChI is InChI=1S/C18H17N5O6/c24-15(25)7-12(6-13-9-23(22-21-13)10-16(26)27)20-17(28)14-8-19-18(29-14)11-4-2-1-3-5-11/h1-5,8-9,12H,6-7,10H2,(H,20,28)(H,24,25)(H,26,27). The number of rotatable bonds is 9. The Bertz CT molecular complexity index is 1010. The highest BCUT2D eigenvalue weighted by Crippen LogP contribution is 2.18. The molecule has 11 heteroatoms. The molecule has 2 heterocycles. The van der Waals surface area contributed by atoms with Crippen LogP contribution in [-0.4, -0.2) is 54.1 Å². The molecule has 3 rings (SSSR count). The number of hydrogen-bond donors (Lipinski definition) is 3. The number of carboxylic acids is 2. The van der Waals surface area contributed by atoms with Crippen molar-refractivity contribution in [2.45, 2.75) is 25.4 Å². The number of oxazole rings is 1. The zero-order valence-corrected chi connectivity index (χ0v) is 15.1. The monoisotopic (exact) mass is 399 g/mol. The molecule has 0 bridgehead atoms. The van der Waals surface area contributed by atoms with Crippen LogP contribution in [-0.2, 0) is 22.6 Å². The van der Waals surface area contributed by atoms with Crippen LogP contribution < -0.4 is 5.32 Å². The third-order valence-electron chi connectivity index (χ3n) is 3.85. The molecule has 3 N–H and O–H groups in total. The number of aromatic nitrogens is 4. The molecule has 0 aliphatic carbocycles. The van der Waals surface area contributed by atoms with E-state index < -0.39 is 23.9 Å². The molecular weight excluding hydrogens is 382 g/mol. The average Bonchev–Trinajstić information content (AvgIpc) is 3.31. The second kappa shape index (κ2) is 8.78. The fourth-order valence-corrected chi connectivity index (χ4v) is 2.64. The summed E-state index contributed by atoms with van der Waals surface area (Å²) in [6.07, 6.45) is 2.34. The van der Waals surface area contributed by atoms with Crippen LogP contribution in [0.3, 0.4) is 0 Å². The molecule has 2 aromatic heterocycles. The molecule has 0 fully saturated rings. The van der Waals surface area contributed by atoms with Gasteiger partial charge in [0.1, 0.15) is 6.54 Å². The van der Waals surface area contributed by atoms with Crippen molar-refractivity contribution >= 4 is 17.8 Å². The summed E-state index contributed by atoms with van der Waals surface area (Å²) in [5.41, 5.74) is 1.05. The maximum absolute atomic E-state index is 12.5. The lowest BCUT2D eigenvalue weighted by atomic mass is 10.1. The van der Waals surface area contributed by atoms with Crippen LogP contribution in [0.25, 0.3) is 11.5 Å². The fourth-order valence-electron chi connectivity index (χ4n) is 2.64. The van der Waals surface area contributed by atoms with E-state index >= 15 is 0 Å². The van der Waals surface area contributed by atoms with Crippen LogP contribution in [0.1, 0.15) is 22.7 Å². The molecule has 1 atom stereocenters. The van der Waals surface area contributed by atoms with Gasteiger partial charge in [0.2, 0.25) is 11.7 Å². The van der Waals surface area contributed by atoms with Crippen LogP contribution in [0.15, 0.2) is 47.1 Å². The largest absolute Gasteiger partial charge is 0.481 e. The summed E-state index contributed by atoms with van der Waals surface area (Å²) >= 11 is 0. The Kier molecular flexibility index (Phi) is 5.97. The normalized spacial score (nSPS) is 11.7. The van der Waals surface area contributed by atoms with Gasteiger partial charge in [-0.2, -0.15) is 0 Å². The number of nitrogens with one attached hydrogen (secondary N) is 1. The van der Waals surface area contributed by atoms with Crippen molar-refractivity contribution in [3.8, 4) is 11.5 Å². The zero-order valence-electron chi connectivity index (χ0n) is 15.1. The smallest absolute Gasteiger partial charge is 0.325 e. The first-order chi connectivity index (χ1) is 13.9. The van der Waals surface area contributed by atoms with E-state index in [2.05, 4.69) is 20.6 Å². The molecule has 11 nitrogen and oxygen atoms in total. The summed E-state index contributed by atoms with van der Waals surface area (Å²) in [5.74, 6) is -2.62. The quantitative estimate of drug-likeness (QED) is 0.473. The zero-order chi connectivity index (χ0) is 20.8. The second-order valence-corrected chi connectivity index (χ2v) is 6.17. The first-order valence-corrected chi connectivity index (χ1v) is 8.55. The third-order valence-corrected chi connectivity index (χ3v) is 3.85. The van der Waals surface area contributed by atoms with E-state index in [1.807, 2.05) is 6.07 Å². The van der Waals surface area contributed by atoms with Crippen LogP contribution >= 0.6 is 0 Å². The molecule has 3 aromatic rings. The lowest BCUT2D eigenvalue weighted by Crippen LogP contribution is -2.38. The molecule has 150 valence electrons. The number of carboxylic acid groups (broad SMARTS) is 2. The van der Waals surface area contributed by atoms with E-state index in [-0.39, 0.29) is 31.0 Å². The maximum Gasteiger partial charge on any atom is 0.325 e. The Balaban J connectivity index is 1.69. The molecule has 0 radical (unpaired) electrons. The van der Waals surface area contributed by atoms with Gasteiger partial charge >= 0.3 is 11.9 Å². The first kappa shape index (κ1) is 19.7. The number of amides is 1. The number of benzene rings is 1. The second-order valence-electron chi connectivity index (χ2n) is 6.17. The molecule has 0 aliphatic heterocycles. The van der Waals surface area contributed by atoms with Gasteiger partial charge in [-0.05, 0) is 12.1 Å². The molecule has 0 saturated carbocycles. The van der Waals surface area contributed by atoms with Gasteiger partial charge in [0, 0.05) is 24.2 Å². The predicted molar refractivity (Wildman–Crippen MR) is 96.8 cm³/mol. The Morgan fingerprint density at radius 1 is 1.14 bits per heavy atom. The van der Waals surface area contributed by atoms with Gasteiger partial charge in [-0.25, -0.2) is 9.67 Å². The minimum Gasteiger partial charge on any atom is -0.481 e. The Labute approximate surface area is 164 Å². The summed E-state index contributed by atoms with van der Waals surface area (Å²) in [4.78, 5) is 38.4. The highest BCUT2D eigenvalue weighted by molar-refractivity contribution is 5.92. The van der Waals surface area contributed by atoms with Crippen molar-refractivity contribution in [3.05, 3.63) is 54.2 Å². The van der Waals surface area contributed by atoms with Crippen LogP contribution in [0.4, 0.5) is 0 Å². The highest BCUT2D eigenvalue weighted by Gasteiger charge is 2.22. The third kappa shape index (κ3) is 5.48. The maximum atomic E-state index is 12.5. The summed E-state index contributed by atoms with van der Waals surface area (Å²) in [6, 6.07) is 8.20. The van der Waals surface area contributed by atoms with E-state index in [0.717, 1.165) is 4.68 Å². The minimum atomic E-state index is -1.12. The van der Waals surface area contributed by atoms with E-state index in [1.165, 1.54) is 12.4 Å². The lowest BCUT2D eigenvalue weighted by molar-refractivity contribution is -0.138. The van der Waals surface area contributed by atoms with Gasteiger partial charge < -0.3 is 19.9 Å². The molecule has 0 spiro atoms. The number of hydrogen-bond acceptors (Lipinski definition) is 7. The first-order valence-electron chi connectivity index (χ1n) is 8.55. The van der Waals surface area contributed by atoms with Gasteiger partial charge in [-0.15, -0.1) is 5.10 Å². The van der Waals surface area contributed by atoms with Gasteiger partial charge in [0.25, 0.3) is 5.91 Å². The number of carbonyl (C=O) groups is 3.